The molecule has 4 rings (SSSR count). The number of hydrogen-bond acceptors (Lipinski definition) is 6. The predicted octanol–water partition coefficient (Wildman–Crippen LogP) is 3.24. The van der Waals surface area contributed by atoms with Crippen LogP contribution in [-0.4, -0.2) is 70.4 Å². The zero-order chi connectivity index (χ0) is 24.1. The average Bonchev–Trinajstić information content (AvgIpc) is 3.64. The van der Waals surface area contributed by atoms with Gasteiger partial charge < -0.3 is 28.7 Å². The van der Waals surface area contributed by atoms with Crippen LogP contribution in [0, 0.1) is 0 Å². The number of hydrogen-bond donors (Lipinski definition) is 0. The van der Waals surface area contributed by atoms with Crippen molar-refractivity contribution in [1.82, 2.24) is 4.90 Å². The number of methoxy groups -OCH3 is 2. The van der Waals surface area contributed by atoms with E-state index in [-0.39, 0.29) is 18.4 Å². The minimum atomic E-state index is -0.506. The van der Waals surface area contributed by atoms with Gasteiger partial charge in [0.25, 0.3) is 5.91 Å². The lowest BCUT2D eigenvalue weighted by Crippen LogP contribution is -2.33. The highest BCUT2D eigenvalue weighted by Gasteiger charge is 2.35. The number of ether oxygens (including phenoxy) is 4. The van der Waals surface area contributed by atoms with Crippen LogP contribution < -0.4 is 19.1 Å². The normalized spacial score (nSPS) is 17.6. The zero-order valence-corrected chi connectivity index (χ0v) is 20.0. The van der Waals surface area contributed by atoms with Gasteiger partial charge in [-0.05, 0) is 48.6 Å². The third-order valence-electron chi connectivity index (χ3n) is 6.20. The van der Waals surface area contributed by atoms with E-state index < -0.39 is 6.10 Å². The van der Waals surface area contributed by atoms with Crippen molar-refractivity contribution in [2.75, 3.05) is 52.5 Å². The first kappa shape index (κ1) is 23.9. The molecule has 1 heterocycles. The SMILES string of the molecule is COCC(=O)N(C)CCOc1ccc(N2CC[C@H](Oc3ccc(C4CC4)cc3)C2=O)cc1OC. The lowest BCUT2D eigenvalue weighted by Gasteiger charge is -2.20. The van der Waals surface area contributed by atoms with Crippen molar-refractivity contribution in [1.29, 1.82) is 0 Å². The second-order valence-corrected chi connectivity index (χ2v) is 8.66. The van der Waals surface area contributed by atoms with Crippen LogP contribution in [0.1, 0.15) is 30.7 Å². The largest absolute Gasteiger partial charge is 0.493 e. The summed E-state index contributed by atoms with van der Waals surface area (Å²) in [5, 5.41) is 0. The van der Waals surface area contributed by atoms with Gasteiger partial charge in [0.15, 0.2) is 17.6 Å². The fourth-order valence-corrected chi connectivity index (χ4v) is 4.01. The fraction of sp³-hybridized carbons (Fsp3) is 0.462. The van der Waals surface area contributed by atoms with Crippen LogP contribution in [0.4, 0.5) is 5.69 Å². The summed E-state index contributed by atoms with van der Waals surface area (Å²) in [7, 11) is 4.74. The Balaban J connectivity index is 1.34. The maximum absolute atomic E-state index is 13.0. The van der Waals surface area contributed by atoms with Gasteiger partial charge in [-0.2, -0.15) is 0 Å². The molecule has 0 unspecified atom stereocenters. The Labute approximate surface area is 200 Å². The van der Waals surface area contributed by atoms with Gasteiger partial charge in [0, 0.05) is 38.9 Å². The molecule has 0 aromatic heterocycles. The molecule has 182 valence electrons. The maximum atomic E-state index is 13.0. The molecule has 1 saturated carbocycles. The van der Waals surface area contributed by atoms with E-state index in [0.717, 1.165) is 11.4 Å². The van der Waals surface area contributed by atoms with Crippen molar-refractivity contribution in [2.24, 2.45) is 0 Å². The van der Waals surface area contributed by atoms with Gasteiger partial charge in [0.1, 0.15) is 19.0 Å². The molecule has 2 aromatic rings. The van der Waals surface area contributed by atoms with Crippen molar-refractivity contribution >= 4 is 17.5 Å². The number of benzene rings is 2. The number of rotatable bonds is 11. The summed E-state index contributed by atoms with van der Waals surface area (Å²) in [5.74, 6) is 2.31. The van der Waals surface area contributed by atoms with Crippen molar-refractivity contribution in [3.8, 4) is 17.2 Å². The first-order valence-corrected chi connectivity index (χ1v) is 11.6. The minimum absolute atomic E-state index is 0.0366. The van der Waals surface area contributed by atoms with Crippen molar-refractivity contribution < 1.29 is 28.5 Å². The van der Waals surface area contributed by atoms with Crippen molar-refractivity contribution in [3.63, 3.8) is 0 Å². The molecule has 2 aliphatic rings. The summed E-state index contributed by atoms with van der Waals surface area (Å²) in [6.45, 7) is 1.33. The van der Waals surface area contributed by atoms with Gasteiger partial charge in [-0.15, -0.1) is 0 Å². The van der Waals surface area contributed by atoms with Gasteiger partial charge in [0.05, 0.1) is 13.7 Å². The van der Waals surface area contributed by atoms with Gasteiger partial charge in [0.2, 0.25) is 5.91 Å². The monoisotopic (exact) mass is 468 g/mol. The molecule has 0 spiro atoms. The Hall–Kier alpha value is -3.26. The van der Waals surface area contributed by atoms with E-state index in [4.69, 9.17) is 18.9 Å². The topological polar surface area (TPSA) is 77.5 Å². The average molecular weight is 469 g/mol. The molecule has 0 bridgehead atoms. The summed E-state index contributed by atoms with van der Waals surface area (Å²) in [4.78, 5) is 28.1. The van der Waals surface area contributed by atoms with Crippen LogP contribution in [-0.2, 0) is 14.3 Å². The molecule has 2 aromatic carbocycles. The number of amides is 2. The molecule has 0 N–H and O–H groups in total. The highest BCUT2D eigenvalue weighted by atomic mass is 16.5. The molecular formula is C26H32N2O6. The lowest BCUT2D eigenvalue weighted by molar-refractivity contribution is -0.134. The van der Waals surface area contributed by atoms with Crippen LogP contribution in [0.5, 0.6) is 17.2 Å². The summed E-state index contributed by atoms with van der Waals surface area (Å²) in [6, 6.07) is 13.5. The van der Waals surface area contributed by atoms with Crippen molar-refractivity contribution in [3.05, 3.63) is 48.0 Å². The second kappa shape index (κ2) is 10.8. The fourth-order valence-electron chi connectivity index (χ4n) is 4.01. The molecule has 2 fully saturated rings. The van der Waals surface area contributed by atoms with E-state index in [1.54, 1.807) is 36.1 Å². The van der Waals surface area contributed by atoms with E-state index in [0.29, 0.717) is 43.5 Å². The number of nitrogens with zero attached hydrogens (tertiary/aromatic N) is 2. The molecule has 8 heteroatoms. The molecule has 1 aliphatic carbocycles. The number of anilines is 1. The van der Waals surface area contributed by atoms with Gasteiger partial charge in [-0.3, -0.25) is 9.59 Å². The van der Waals surface area contributed by atoms with Crippen LogP contribution in [0.2, 0.25) is 0 Å². The molecule has 34 heavy (non-hydrogen) atoms. The number of carbonyl (C=O) groups excluding carboxylic acids is 2. The molecule has 1 aliphatic heterocycles. The molecule has 1 atom stereocenters. The number of carbonyl (C=O) groups is 2. The van der Waals surface area contributed by atoms with Crippen LogP contribution >= 0.6 is 0 Å². The highest BCUT2D eigenvalue weighted by molar-refractivity contribution is 5.99. The van der Waals surface area contributed by atoms with E-state index in [1.165, 1.54) is 25.5 Å². The second-order valence-electron chi connectivity index (χ2n) is 8.66. The Morgan fingerprint density at radius 3 is 2.50 bits per heavy atom. The van der Waals surface area contributed by atoms with Crippen molar-refractivity contribution in [2.45, 2.75) is 31.3 Å². The lowest BCUT2D eigenvalue weighted by atomic mass is 10.1. The van der Waals surface area contributed by atoms with Crippen LogP contribution in [0.25, 0.3) is 0 Å². The molecule has 0 radical (unpaired) electrons. The van der Waals surface area contributed by atoms with E-state index in [2.05, 4.69) is 12.1 Å². The third kappa shape index (κ3) is 5.62. The summed E-state index contributed by atoms with van der Waals surface area (Å²) >= 11 is 0. The highest BCUT2D eigenvalue weighted by Crippen LogP contribution is 2.40. The summed E-state index contributed by atoms with van der Waals surface area (Å²) in [5.41, 5.74) is 2.08. The van der Waals surface area contributed by atoms with Gasteiger partial charge in [-0.25, -0.2) is 0 Å². The quantitative estimate of drug-likeness (QED) is 0.504. The molecular weight excluding hydrogens is 436 g/mol. The predicted molar refractivity (Wildman–Crippen MR) is 128 cm³/mol. The van der Waals surface area contributed by atoms with E-state index in [1.807, 2.05) is 18.2 Å². The minimum Gasteiger partial charge on any atom is -0.493 e. The molecule has 2 amide bonds. The smallest absolute Gasteiger partial charge is 0.268 e. The molecule has 1 saturated heterocycles. The molecule has 8 nitrogen and oxygen atoms in total. The first-order valence-electron chi connectivity index (χ1n) is 11.6. The Morgan fingerprint density at radius 1 is 1.06 bits per heavy atom. The van der Waals surface area contributed by atoms with E-state index >= 15 is 0 Å². The standard InChI is InChI=1S/C26H32N2O6/c1-27(25(29)17-31-2)14-15-33-22-11-8-20(16-24(22)32-3)28-13-12-23(26(28)30)34-21-9-6-19(7-10-21)18-4-5-18/h6-11,16,18,23H,4-5,12-15,17H2,1-3H3/t23-/m0/s1. The van der Waals surface area contributed by atoms with E-state index in [9.17, 15) is 9.59 Å². The summed E-state index contributed by atoms with van der Waals surface area (Å²) < 4.78 is 22.2. The van der Waals surface area contributed by atoms with Gasteiger partial charge >= 0.3 is 0 Å². The Morgan fingerprint density at radius 2 is 1.82 bits per heavy atom. The van der Waals surface area contributed by atoms with Gasteiger partial charge in [-0.1, -0.05) is 12.1 Å². The zero-order valence-electron chi connectivity index (χ0n) is 20.0. The van der Waals surface area contributed by atoms with Crippen LogP contribution in [0.15, 0.2) is 42.5 Å². The number of likely N-dealkylation sites (N-methyl/N-ethyl adjacent to an activating group) is 1. The summed E-state index contributed by atoms with van der Waals surface area (Å²) in [6.07, 6.45) is 2.63. The first-order chi connectivity index (χ1) is 16.5. The van der Waals surface area contributed by atoms with Crippen LogP contribution in [0.3, 0.4) is 0 Å². The third-order valence-corrected chi connectivity index (χ3v) is 6.20. The Bertz CT molecular complexity index is 1000. The Kier molecular flexibility index (Phi) is 7.57. The maximum Gasteiger partial charge on any atom is 0.268 e.